The molecule has 0 bridgehead atoms. The summed E-state index contributed by atoms with van der Waals surface area (Å²) in [5.41, 5.74) is 2.15. The number of carbonyl (C=O) groups is 1. The summed E-state index contributed by atoms with van der Waals surface area (Å²) in [6, 6.07) is 9.20. The molecular formula is C21H20ClN3O4. The number of halogens is 1. The normalized spacial score (nSPS) is 16.0. The predicted octanol–water partition coefficient (Wildman–Crippen LogP) is 3.48. The smallest absolute Gasteiger partial charge is 0.223 e. The van der Waals surface area contributed by atoms with Gasteiger partial charge < -0.3 is 19.5 Å². The summed E-state index contributed by atoms with van der Waals surface area (Å²) in [4.78, 5) is 20.6. The molecule has 1 aliphatic rings. The van der Waals surface area contributed by atoms with E-state index in [4.69, 9.17) is 30.8 Å². The number of methoxy groups -OCH3 is 2. The van der Waals surface area contributed by atoms with Gasteiger partial charge in [-0.25, -0.2) is 4.98 Å². The maximum Gasteiger partial charge on any atom is 0.223 e. The molecule has 0 aliphatic carbocycles. The number of hydrogen-bond acceptors (Lipinski definition) is 6. The average Bonchev–Trinajstić information content (AvgIpc) is 3.16. The third-order valence-electron chi connectivity index (χ3n) is 4.81. The molecule has 0 saturated carbocycles. The van der Waals surface area contributed by atoms with E-state index in [-0.39, 0.29) is 11.8 Å². The lowest BCUT2D eigenvalue weighted by molar-refractivity contribution is -0.119. The van der Waals surface area contributed by atoms with E-state index < -0.39 is 0 Å². The maximum absolute atomic E-state index is 11.4. The van der Waals surface area contributed by atoms with Crippen molar-refractivity contribution in [1.82, 2.24) is 15.3 Å². The number of ether oxygens (including phenoxy) is 3. The molecule has 0 spiro atoms. The highest BCUT2D eigenvalue weighted by Gasteiger charge is 2.23. The van der Waals surface area contributed by atoms with Crippen LogP contribution in [0.1, 0.15) is 6.42 Å². The van der Waals surface area contributed by atoms with Crippen LogP contribution in [0.2, 0.25) is 5.02 Å². The summed E-state index contributed by atoms with van der Waals surface area (Å²) in [6.07, 6.45) is 2.18. The van der Waals surface area contributed by atoms with Gasteiger partial charge in [0.1, 0.15) is 0 Å². The fourth-order valence-electron chi connectivity index (χ4n) is 3.35. The van der Waals surface area contributed by atoms with Crippen molar-refractivity contribution in [2.24, 2.45) is 5.92 Å². The number of hydrogen-bond donors (Lipinski definition) is 1. The Bertz CT molecular complexity index is 1070. The molecule has 1 amide bonds. The number of nitrogens with zero attached hydrogens (tertiary/aromatic N) is 2. The van der Waals surface area contributed by atoms with E-state index in [2.05, 4.69) is 10.3 Å². The zero-order valence-electron chi connectivity index (χ0n) is 16.1. The van der Waals surface area contributed by atoms with Crippen molar-refractivity contribution >= 4 is 28.4 Å². The first-order valence-electron chi connectivity index (χ1n) is 9.16. The second kappa shape index (κ2) is 8.13. The van der Waals surface area contributed by atoms with Crippen molar-refractivity contribution in [2.45, 2.75) is 6.42 Å². The number of carbonyl (C=O) groups excluding carboxylic acids is 1. The van der Waals surface area contributed by atoms with Gasteiger partial charge in [-0.3, -0.25) is 9.78 Å². The molecule has 1 N–H and O–H groups in total. The lowest BCUT2D eigenvalue weighted by Crippen LogP contribution is -2.17. The molecule has 4 rings (SSSR count). The molecule has 1 aliphatic heterocycles. The van der Waals surface area contributed by atoms with Gasteiger partial charge >= 0.3 is 0 Å². The Labute approximate surface area is 173 Å². The van der Waals surface area contributed by atoms with Gasteiger partial charge in [0.05, 0.1) is 42.4 Å². The van der Waals surface area contributed by atoms with Gasteiger partial charge in [-0.05, 0) is 30.3 Å². The monoisotopic (exact) mass is 413 g/mol. The third kappa shape index (κ3) is 3.91. The van der Waals surface area contributed by atoms with Crippen molar-refractivity contribution in [3.8, 4) is 28.6 Å². The Hall–Kier alpha value is -3.06. The van der Waals surface area contributed by atoms with E-state index in [1.165, 1.54) is 7.11 Å². The van der Waals surface area contributed by atoms with Gasteiger partial charge in [-0.2, -0.15) is 0 Å². The van der Waals surface area contributed by atoms with Gasteiger partial charge in [0.15, 0.2) is 11.5 Å². The lowest BCUT2D eigenvalue weighted by Gasteiger charge is -2.14. The van der Waals surface area contributed by atoms with Crippen molar-refractivity contribution in [3.05, 3.63) is 41.6 Å². The largest absolute Gasteiger partial charge is 0.493 e. The van der Waals surface area contributed by atoms with Crippen LogP contribution < -0.4 is 19.5 Å². The van der Waals surface area contributed by atoms with E-state index in [0.29, 0.717) is 47.7 Å². The zero-order valence-corrected chi connectivity index (χ0v) is 16.8. The van der Waals surface area contributed by atoms with Crippen LogP contribution >= 0.6 is 11.6 Å². The predicted molar refractivity (Wildman–Crippen MR) is 110 cm³/mol. The number of aromatic nitrogens is 2. The van der Waals surface area contributed by atoms with Crippen LogP contribution in [-0.2, 0) is 4.79 Å². The number of amides is 1. The molecule has 2 aromatic heterocycles. The Morgan fingerprint density at radius 3 is 2.83 bits per heavy atom. The second-order valence-corrected chi connectivity index (χ2v) is 7.17. The molecule has 8 heteroatoms. The quantitative estimate of drug-likeness (QED) is 0.666. The Morgan fingerprint density at radius 2 is 2.10 bits per heavy atom. The minimum Gasteiger partial charge on any atom is -0.493 e. The lowest BCUT2D eigenvalue weighted by atomic mass is 10.1. The summed E-state index contributed by atoms with van der Waals surface area (Å²) < 4.78 is 16.7. The first-order chi connectivity index (χ1) is 14.1. The van der Waals surface area contributed by atoms with Crippen molar-refractivity contribution < 1.29 is 19.0 Å². The zero-order chi connectivity index (χ0) is 20.4. The van der Waals surface area contributed by atoms with Crippen LogP contribution in [0.15, 0.2) is 36.5 Å². The molecule has 1 saturated heterocycles. The van der Waals surface area contributed by atoms with Gasteiger partial charge in [0, 0.05) is 30.6 Å². The molecule has 7 nitrogen and oxygen atoms in total. The molecule has 29 heavy (non-hydrogen) atoms. The van der Waals surface area contributed by atoms with Crippen LogP contribution in [0.5, 0.6) is 17.4 Å². The molecule has 0 radical (unpaired) electrons. The molecule has 1 unspecified atom stereocenters. The summed E-state index contributed by atoms with van der Waals surface area (Å²) in [5.74, 6) is 1.61. The van der Waals surface area contributed by atoms with Crippen LogP contribution in [0.3, 0.4) is 0 Å². The Balaban J connectivity index is 1.74. The maximum atomic E-state index is 11.4. The first kappa shape index (κ1) is 19.3. The number of nitrogens with one attached hydrogen (secondary N) is 1. The summed E-state index contributed by atoms with van der Waals surface area (Å²) in [7, 11) is 3.09. The topological polar surface area (TPSA) is 82.6 Å². The highest BCUT2D eigenvalue weighted by Crippen LogP contribution is 2.40. The molecule has 3 heterocycles. The van der Waals surface area contributed by atoms with Gasteiger partial charge in [0.2, 0.25) is 11.8 Å². The molecule has 150 valence electrons. The van der Waals surface area contributed by atoms with Crippen molar-refractivity contribution in [3.63, 3.8) is 0 Å². The number of benzene rings is 1. The third-order valence-corrected chi connectivity index (χ3v) is 5.09. The van der Waals surface area contributed by atoms with Gasteiger partial charge in [0.25, 0.3) is 0 Å². The second-order valence-electron chi connectivity index (χ2n) is 6.76. The van der Waals surface area contributed by atoms with Crippen molar-refractivity contribution in [1.29, 1.82) is 0 Å². The van der Waals surface area contributed by atoms with Crippen LogP contribution in [-0.4, -0.2) is 43.2 Å². The summed E-state index contributed by atoms with van der Waals surface area (Å²) in [6.45, 7) is 1.01. The molecule has 1 atom stereocenters. The number of pyridine rings is 2. The Morgan fingerprint density at radius 1 is 1.24 bits per heavy atom. The standard InChI is InChI=1S/C21H20ClN3O4/c1-27-18-8-13(7-15(22)20(18)28-2)16-9-17-14(4-3-5-23-17)21(25-16)29-11-12-6-19(26)24-10-12/h3-5,7-9,12H,6,10-11H2,1-2H3,(H,24,26). The average molecular weight is 414 g/mol. The Kier molecular flexibility index (Phi) is 5.40. The number of fused-ring (bicyclic) bond motifs is 1. The summed E-state index contributed by atoms with van der Waals surface area (Å²) >= 11 is 6.36. The van der Waals surface area contributed by atoms with Crippen LogP contribution in [0.4, 0.5) is 0 Å². The van der Waals surface area contributed by atoms with Crippen LogP contribution in [0.25, 0.3) is 22.2 Å². The van der Waals surface area contributed by atoms with Gasteiger partial charge in [-0.15, -0.1) is 0 Å². The van der Waals surface area contributed by atoms with Crippen molar-refractivity contribution in [2.75, 3.05) is 27.4 Å². The van der Waals surface area contributed by atoms with E-state index in [0.717, 1.165) is 16.5 Å². The minimum absolute atomic E-state index is 0.0480. The van der Waals surface area contributed by atoms with Gasteiger partial charge in [-0.1, -0.05) is 11.6 Å². The fraction of sp³-hybridized carbons (Fsp3) is 0.286. The molecule has 1 fully saturated rings. The first-order valence-corrected chi connectivity index (χ1v) is 9.54. The molecule has 1 aromatic carbocycles. The highest BCUT2D eigenvalue weighted by atomic mass is 35.5. The summed E-state index contributed by atoms with van der Waals surface area (Å²) in [5, 5.41) is 4.04. The molecular weight excluding hydrogens is 394 g/mol. The minimum atomic E-state index is 0.0480. The van der Waals surface area contributed by atoms with E-state index in [9.17, 15) is 4.79 Å². The van der Waals surface area contributed by atoms with E-state index >= 15 is 0 Å². The SMILES string of the molecule is COc1cc(-c2cc3ncccc3c(OCC3CNC(=O)C3)n2)cc(Cl)c1OC. The number of rotatable bonds is 6. The van der Waals surface area contributed by atoms with E-state index in [1.54, 1.807) is 19.4 Å². The molecule has 3 aromatic rings. The highest BCUT2D eigenvalue weighted by molar-refractivity contribution is 6.32. The van der Waals surface area contributed by atoms with E-state index in [1.807, 2.05) is 24.3 Å². The van der Waals surface area contributed by atoms with Crippen LogP contribution in [0, 0.1) is 5.92 Å². The fourth-order valence-corrected chi connectivity index (χ4v) is 3.64.